The van der Waals surface area contributed by atoms with Crippen molar-refractivity contribution in [2.75, 3.05) is 10.6 Å². The average Bonchev–Trinajstić information content (AvgIpc) is 3.30. The van der Waals surface area contributed by atoms with Crippen molar-refractivity contribution < 1.29 is 18.9 Å². The van der Waals surface area contributed by atoms with Gasteiger partial charge in [-0.3, -0.25) is 19.7 Å². The van der Waals surface area contributed by atoms with Crippen molar-refractivity contribution in [3.63, 3.8) is 0 Å². The molecule has 0 saturated carbocycles. The number of nitro groups is 1. The number of nitro benzene ring substituents is 1. The van der Waals surface area contributed by atoms with Crippen molar-refractivity contribution in [3.05, 3.63) is 111 Å². The van der Waals surface area contributed by atoms with E-state index in [1.165, 1.54) is 18.2 Å². The Labute approximate surface area is 193 Å². The lowest BCUT2D eigenvalue weighted by molar-refractivity contribution is -0.384. The molecule has 3 aromatic carbocycles. The first-order valence-corrected chi connectivity index (χ1v) is 10.1. The number of carbonyl (C=O) groups is 2. The lowest BCUT2D eigenvalue weighted by Crippen LogP contribution is -2.14. The predicted octanol–water partition coefficient (Wildman–Crippen LogP) is 6.01. The summed E-state index contributed by atoms with van der Waals surface area (Å²) in [5.74, 6) is -0.398. The van der Waals surface area contributed by atoms with Gasteiger partial charge in [-0.1, -0.05) is 29.8 Å². The van der Waals surface area contributed by atoms with E-state index >= 15 is 0 Å². The molecule has 164 valence electrons. The average molecular weight is 462 g/mol. The zero-order valence-electron chi connectivity index (χ0n) is 16.9. The van der Waals surface area contributed by atoms with E-state index in [1.54, 1.807) is 66.7 Å². The van der Waals surface area contributed by atoms with Crippen molar-refractivity contribution >= 4 is 40.5 Å². The third-order valence-electron chi connectivity index (χ3n) is 4.69. The van der Waals surface area contributed by atoms with Crippen LogP contribution < -0.4 is 10.6 Å². The highest BCUT2D eigenvalue weighted by Crippen LogP contribution is 2.25. The summed E-state index contributed by atoms with van der Waals surface area (Å²) in [6.07, 6.45) is 0. The summed E-state index contributed by atoms with van der Waals surface area (Å²) < 4.78 is 5.60. The molecule has 0 spiro atoms. The quantitative estimate of drug-likeness (QED) is 0.269. The van der Waals surface area contributed by atoms with Crippen molar-refractivity contribution in [2.24, 2.45) is 0 Å². The lowest BCUT2D eigenvalue weighted by Gasteiger charge is -2.09. The van der Waals surface area contributed by atoms with Gasteiger partial charge in [-0.15, -0.1) is 0 Å². The normalized spacial score (nSPS) is 10.5. The number of furan rings is 1. The Bertz CT molecular complexity index is 1350. The summed E-state index contributed by atoms with van der Waals surface area (Å²) in [5, 5.41) is 16.6. The van der Waals surface area contributed by atoms with Crippen LogP contribution in [0.4, 0.5) is 17.1 Å². The first-order valence-electron chi connectivity index (χ1n) is 9.73. The van der Waals surface area contributed by atoms with Gasteiger partial charge in [-0.05, 0) is 54.6 Å². The molecule has 33 heavy (non-hydrogen) atoms. The summed E-state index contributed by atoms with van der Waals surface area (Å²) >= 11 is 6.06. The van der Waals surface area contributed by atoms with Crippen LogP contribution in [-0.4, -0.2) is 16.7 Å². The summed E-state index contributed by atoms with van der Waals surface area (Å²) in [4.78, 5) is 35.3. The van der Waals surface area contributed by atoms with Crippen molar-refractivity contribution in [1.29, 1.82) is 0 Å². The number of nitrogens with one attached hydrogen (secondary N) is 2. The maximum absolute atomic E-state index is 12.6. The second kappa shape index (κ2) is 9.37. The number of carbonyl (C=O) groups excluding carboxylic acids is 2. The van der Waals surface area contributed by atoms with Crippen LogP contribution in [0, 0.1) is 10.1 Å². The van der Waals surface area contributed by atoms with Crippen LogP contribution in [0.2, 0.25) is 5.02 Å². The van der Waals surface area contributed by atoms with E-state index in [4.69, 9.17) is 16.0 Å². The van der Waals surface area contributed by atoms with Crippen molar-refractivity contribution in [3.8, 4) is 11.3 Å². The first kappa shape index (κ1) is 21.8. The number of non-ortho nitro benzene ring substituents is 1. The monoisotopic (exact) mass is 461 g/mol. The number of halogens is 1. The Morgan fingerprint density at radius 3 is 2.15 bits per heavy atom. The molecule has 0 aliphatic heterocycles. The van der Waals surface area contributed by atoms with Crippen LogP contribution in [0.3, 0.4) is 0 Å². The Morgan fingerprint density at radius 2 is 1.48 bits per heavy atom. The maximum atomic E-state index is 12.6. The largest absolute Gasteiger partial charge is 0.451 e. The molecule has 0 saturated heterocycles. The molecule has 0 aliphatic rings. The van der Waals surface area contributed by atoms with Crippen LogP contribution >= 0.6 is 11.6 Å². The van der Waals surface area contributed by atoms with Gasteiger partial charge in [-0.2, -0.15) is 0 Å². The third-order valence-corrected chi connectivity index (χ3v) is 5.02. The smallest absolute Gasteiger partial charge is 0.291 e. The number of anilines is 2. The number of benzene rings is 3. The lowest BCUT2D eigenvalue weighted by atomic mass is 10.1. The topological polar surface area (TPSA) is 114 Å². The molecule has 1 aromatic heterocycles. The molecule has 4 aromatic rings. The van der Waals surface area contributed by atoms with E-state index in [1.807, 2.05) is 0 Å². The minimum absolute atomic E-state index is 0.0372. The number of rotatable bonds is 6. The molecule has 9 heteroatoms. The minimum atomic E-state index is -0.490. The van der Waals surface area contributed by atoms with E-state index in [-0.39, 0.29) is 17.4 Å². The number of hydrogen-bond acceptors (Lipinski definition) is 5. The first-order chi connectivity index (χ1) is 15.9. The Balaban J connectivity index is 1.44. The van der Waals surface area contributed by atoms with Gasteiger partial charge >= 0.3 is 0 Å². The molecule has 0 unspecified atom stereocenters. The van der Waals surface area contributed by atoms with Gasteiger partial charge in [-0.25, -0.2) is 0 Å². The van der Waals surface area contributed by atoms with Crippen molar-refractivity contribution in [1.82, 2.24) is 0 Å². The van der Waals surface area contributed by atoms with Crippen LogP contribution in [0.15, 0.2) is 89.3 Å². The molecule has 0 aliphatic carbocycles. The molecule has 0 atom stereocenters. The van der Waals surface area contributed by atoms with E-state index < -0.39 is 10.8 Å². The second-order valence-corrected chi connectivity index (χ2v) is 7.34. The van der Waals surface area contributed by atoms with Crippen LogP contribution in [0.5, 0.6) is 0 Å². The minimum Gasteiger partial charge on any atom is -0.451 e. The highest BCUT2D eigenvalue weighted by Gasteiger charge is 2.15. The predicted molar refractivity (Wildman–Crippen MR) is 125 cm³/mol. The molecule has 0 bridgehead atoms. The summed E-state index contributed by atoms with van der Waals surface area (Å²) in [7, 11) is 0. The molecule has 0 radical (unpaired) electrons. The summed E-state index contributed by atoms with van der Waals surface area (Å²) in [6.45, 7) is 0. The standard InChI is InChI=1S/C24H16ClN3O5/c25-20-7-2-1-6-19(20)23(29)26-16-4-3-5-17(14-16)27-24(30)22-13-12-21(33-22)15-8-10-18(11-9-15)28(31)32/h1-14H,(H,26,29)(H,27,30). The molecule has 4 rings (SSSR count). The Morgan fingerprint density at radius 1 is 0.818 bits per heavy atom. The van der Waals surface area contributed by atoms with Crippen LogP contribution in [0.1, 0.15) is 20.9 Å². The number of hydrogen-bond donors (Lipinski definition) is 2. The maximum Gasteiger partial charge on any atom is 0.291 e. The molecular weight excluding hydrogens is 446 g/mol. The Hall–Kier alpha value is -4.43. The van der Waals surface area contributed by atoms with Gasteiger partial charge in [0.1, 0.15) is 5.76 Å². The van der Waals surface area contributed by atoms with Crippen LogP contribution in [-0.2, 0) is 0 Å². The third kappa shape index (κ3) is 5.08. The number of amides is 2. The molecule has 2 amide bonds. The van der Waals surface area contributed by atoms with Gasteiger partial charge < -0.3 is 15.1 Å². The number of nitrogens with zero attached hydrogens (tertiary/aromatic N) is 1. The molecular formula is C24H16ClN3O5. The fourth-order valence-corrected chi connectivity index (χ4v) is 3.30. The van der Waals surface area contributed by atoms with E-state index in [9.17, 15) is 19.7 Å². The highest BCUT2D eigenvalue weighted by atomic mass is 35.5. The summed E-state index contributed by atoms with van der Waals surface area (Å²) in [5.41, 5.74) is 1.82. The van der Waals surface area contributed by atoms with E-state index in [0.29, 0.717) is 33.3 Å². The van der Waals surface area contributed by atoms with Gasteiger partial charge in [0.2, 0.25) is 0 Å². The van der Waals surface area contributed by atoms with E-state index in [2.05, 4.69) is 10.6 Å². The van der Waals surface area contributed by atoms with E-state index in [0.717, 1.165) is 0 Å². The van der Waals surface area contributed by atoms with Crippen LogP contribution in [0.25, 0.3) is 11.3 Å². The van der Waals surface area contributed by atoms with Gasteiger partial charge in [0.05, 0.1) is 15.5 Å². The van der Waals surface area contributed by atoms with Gasteiger partial charge in [0.15, 0.2) is 5.76 Å². The van der Waals surface area contributed by atoms with Crippen molar-refractivity contribution in [2.45, 2.75) is 0 Å². The fourth-order valence-electron chi connectivity index (χ4n) is 3.07. The zero-order valence-corrected chi connectivity index (χ0v) is 17.7. The summed E-state index contributed by atoms with van der Waals surface area (Å²) in [6, 6.07) is 22.3. The second-order valence-electron chi connectivity index (χ2n) is 6.94. The molecule has 1 heterocycles. The van der Waals surface area contributed by atoms with Gasteiger partial charge in [0, 0.05) is 29.1 Å². The van der Waals surface area contributed by atoms with Gasteiger partial charge in [0.25, 0.3) is 17.5 Å². The fraction of sp³-hybridized carbons (Fsp3) is 0. The molecule has 2 N–H and O–H groups in total. The highest BCUT2D eigenvalue weighted by molar-refractivity contribution is 6.34. The molecule has 8 nitrogen and oxygen atoms in total. The molecule has 0 fully saturated rings. The SMILES string of the molecule is O=C(Nc1cccc(NC(=O)c2ccccc2Cl)c1)c1ccc(-c2ccc([N+](=O)[O-])cc2)o1. The zero-order chi connectivity index (χ0) is 23.4. The Kier molecular flexibility index (Phi) is 6.19.